The van der Waals surface area contributed by atoms with Crippen LogP contribution in [0.2, 0.25) is 0 Å². The molecule has 0 bridgehead atoms. The van der Waals surface area contributed by atoms with E-state index in [4.69, 9.17) is 15.3 Å². The summed E-state index contributed by atoms with van der Waals surface area (Å²) in [6.07, 6.45) is 0. The lowest BCUT2D eigenvalue weighted by molar-refractivity contribution is -0.143. The maximum absolute atomic E-state index is 10.7. The molecule has 0 aromatic heterocycles. The predicted octanol–water partition coefficient (Wildman–Crippen LogP) is 0.543. The van der Waals surface area contributed by atoms with Gasteiger partial charge in [0.2, 0.25) is 0 Å². The fourth-order valence-electron chi connectivity index (χ4n) is 1.19. The quantitative estimate of drug-likeness (QED) is 0.685. The predicted molar refractivity (Wildman–Crippen MR) is 64.2 cm³/mol. The third-order valence-electron chi connectivity index (χ3n) is 2.07. The van der Waals surface area contributed by atoms with Crippen LogP contribution in [-0.2, 0) is 9.53 Å². The van der Waals surface area contributed by atoms with E-state index < -0.39 is 24.5 Å². The molecule has 0 aliphatic heterocycles. The van der Waals surface area contributed by atoms with Crippen molar-refractivity contribution in [2.24, 2.45) is 0 Å². The van der Waals surface area contributed by atoms with Crippen LogP contribution in [0.25, 0.3) is 0 Å². The van der Waals surface area contributed by atoms with E-state index in [2.05, 4.69) is 4.74 Å². The molecule has 1 aromatic rings. The summed E-state index contributed by atoms with van der Waals surface area (Å²) in [6.45, 7) is 1.03. The second-order valence-corrected chi connectivity index (χ2v) is 3.34. The first kappa shape index (κ1) is 16.6. The maximum Gasteiger partial charge on any atom is 0.336 e. The van der Waals surface area contributed by atoms with Crippen LogP contribution in [0.15, 0.2) is 18.2 Å². The van der Waals surface area contributed by atoms with Crippen molar-refractivity contribution in [2.45, 2.75) is 6.92 Å². The molecular weight excluding hydrogens is 256 g/mol. The van der Waals surface area contributed by atoms with Crippen LogP contribution in [0.3, 0.4) is 0 Å². The smallest absolute Gasteiger partial charge is 0.336 e. The highest BCUT2D eigenvalue weighted by molar-refractivity contribution is 6.02. The SMILES string of the molecule is COC(=O)CO.Cc1cccc(C(=O)O)c1C(=O)O. The van der Waals surface area contributed by atoms with E-state index in [9.17, 15) is 14.4 Å². The zero-order valence-electron chi connectivity index (χ0n) is 10.4. The van der Waals surface area contributed by atoms with Crippen molar-refractivity contribution in [1.82, 2.24) is 0 Å². The van der Waals surface area contributed by atoms with Gasteiger partial charge in [0, 0.05) is 0 Å². The average Bonchev–Trinajstić information content (AvgIpc) is 2.37. The first-order valence-electron chi connectivity index (χ1n) is 5.09. The minimum atomic E-state index is -1.22. The summed E-state index contributed by atoms with van der Waals surface area (Å²) < 4.78 is 4.01. The highest BCUT2D eigenvalue weighted by atomic mass is 16.5. The lowest BCUT2D eigenvalue weighted by Gasteiger charge is -2.03. The topological polar surface area (TPSA) is 121 Å². The van der Waals surface area contributed by atoms with Crippen molar-refractivity contribution in [1.29, 1.82) is 0 Å². The molecule has 0 fully saturated rings. The molecule has 0 spiro atoms. The fourth-order valence-corrected chi connectivity index (χ4v) is 1.19. The third kappa shape index (κ3) is 5.17. The summed E-state index contributed by atoms with van der Waals surface area (Å²) in [5, 5.41) is 25.3. The van der Waals surface area contributed by atoms with E-state index in [1.807, 2.05) is 0 Å². The van der Waals surface area contributed by atoms with Gasteiger partial charge in [-0.05, 0) is 18.6 Å². The maximum atomic E-state index is 10.7. The van der Waals surface area contributed by atoms with Crippen molar-refractivity contribution in [3.63, 3.8) is 0 Å². The molecule has 0 amide bonds. The van der Waals surface area contributed by atoms with Crippen LogP contribution >= 0.6 is 0 Å². The second kappa shape index (κ2) is 7.83. The summed E-state index contributed by atoms with van der Waals surface area (Å²) in [7, 11) is 1.22. The number of aliphatic hydroxyl groups is 1. The van der Waals surface area contributed by atoms with Crippen molar-refractivity contribution in [3.05, 3.63) is 34.9 Å². The van der Waals surface area contributed by atoms with Gasteiger partial charge >= 0.3 is 17.9 Å². The Morgan fingerprint density at radius 3 is 2.00 bits per heavy atom. The Labute approximate surface area is 109 Å². The number of esters is 1. The first-order chi connectivity index (χ1) is 8.84. The van der Waals surface area contributed by atoms with E-state index in [1.54, 1.807) is 13.0 Å². The third-order valence-corrected chi connectivity index (χ3v) is 2.07. The van der Waals surface area contributed by atoms with E-state index in [0.717, 1.165) is 0 Å². The van der Waals surface area contributed by atoms with E-state index in [-0.39, 0.29) is 11.1 Å². The Morgan fingerprint density at radius 1 is 1.16 bits per heavy atom. The van der Waals surface area contributed by atoms with Gasteiger partial charge in [0.05, 0.1) is 18.2 Å². The van der Waals surface area contributed by atoms with Crippen LogP contribution in [0.4, 0.5) is 0 Å². The molecule has 19 heavy (non-hydrogen) atoms. The second-order valence-electron chi connectivity index (χ2n) is 3.34. The number of carbonyl (C=O) groups excluding carboxylic acids is 1. The van der Waals surface area contributed by atoms with Gasteiger partial charge in [0.1, 0.15) is 6.61 Å². The molecule has 7 heteroatoms. The van der Waals surface area contributed by atoms with Crippen molar-refractivity contribution in [3.8, 4) is 0 Å². The van der Waals surface area contributed by atoms with Crippen LogP contribution < -0.4 is 0 Å². The van der Waals surface area contributed by atoms with E-state index >= 15 is 0 Å². The molecule has 104 valence electrons. The highest BCUT2D eigenvalue weighted by Gasteiger charge is 2.17. The molecule has 0 radical (unpaired) electrons. The normalized spacial score (nSPS) is 9.00. The molecule has 0 unspecified atom stereocenters. The Morgan fingerprint density at radius 2 is 1.74 bits per heavy atom. The van der Waals surface area contributed by atoms with Crippen LogP contribution in [0, 0.1) is 6.92 Å². The van der Waals surface area contributed by atoms with Gasteiger partial charge in [-0.15, -0.1) is 0 Å². The fraction of sp³-hybridized carbons (Fsp3) is 0.250. The number of hydrogen-bond donors (Lipinski definition) is 3. The number of carboxylic acid groups (broad SMARTS) is 2. The van der Waals surface area contributed by atoms with E-state index in [1.165, 1.54) is 19.2 Å². The summed E-state index contributed by atoms with van der Waals surface area (Å²) in [5.41, 5.74) is 0.134. The Bertz CT molecular complexity index is 473. The number of aryl methyl sites for hydroxylation is 1. The van der Waals surface area contributed by atoms with Crippen LogP contribution in [0.1, 0.15) is 26.3 Å². The van der Waals surface area contributed by atoms with Crippen LogP contribution in [-0.4, -0.2) is 46.9 Å². The molecular formula is C12H14O7. The molecule has 3 N–H and O–H groups in total. The highest BCUT2D eigenvalue weighted by Crippen LogP contribution is 2.13. The number of benzene rings is 1. The van der Waals surface area contributed by atoms with Gasteiger partial charge in [0.15, 0.2) is 0 Å². The van der Waals surface area contributed by atoms with Crippen molar-refractivity contribution in [2.75, 3.05) is 13.7 Å². The zero-order chi connectivity index (χ0) is 15.0. The largest absolute Gasteiger partial charge is 0.478 e. The Balaban J connectivity index is 0.000000459. The first-order valence-corrected chi connectivity index (χ1v) is 5.09. The Hall–Kier alpha value is -2.41. The van der Waals surface area contributed by atoms with Gasteiger partial charge in [-0.2, -0.15) is 0 Å². The number of hydrogen-bond acceptors (Lipinski definition) is 5. The van der Waals surface area contributed by atoms with E-state index in [0.29, 0.717) is 5.56 Å². The molecule has 0 atom stereocenters. The summed E-state index contributed by atoms with van der Waals surface area (Å²) in [5.74, 6) is -3.04. The Kier molecular flexibility index (Phi) is 6.83. The van der Waals surface area contributed by atoms with Gasteiger partial charge in [-0.25, -0.2) is 14.4 Å². The average molecular weight is 270 g/mol. The van der Waals surface area contributed by atoms with Gasteiger partial charge < -0.3 is 20.1 Å². The number of ether oxygens (including phenoxy) is 1. The molecule has 1 aromatic carbocycles. The molecule has 0 heterocycles. The summed E-state index contributed by atoms with van der Waals surface area (Å²) in [6, 6.07) is 4.36. The van der Waals surface area contributed by atoms with Gasteiger partial charge in [-0.3, -0.25) is 0 Å². The summed E-state index contributed by atoms with van der Waals surface area (Å²) >= 11 is 0. The standard InChI is InChI=1S/C9H8O4.C3H6O3/c1-5-3-2-4-6(8(10)11)7(5)9(12)13;1-6-3(5)2-4/h2-4H,1H3,(H,10,11)(H,12,13);4H,2H2,1H3. The lowest BCUT2D eigenvalue weighted by atomic mass is 10.0. The zero-order valence-corrected chi connectivity index (χ0v) is 10.4. The number of methoxy groups -OCH3 is 1. The molecule has 7 nitrogen and oxygen atoms in total. The van der Waals surface area contributed by atoms with Crippen LogP contribution in [0.5, 0.6) is 0 Å². The molecule has 0 saturated carbocycles. The van der Waals surface area contributed by atoms with Gasteiger partial charge in [-0.1, -0.05) is 12.1 Å². The number of aromatic carboxylic acids is 2. The molecule has 0 aliphatic carbocycles. The lowest BCUT2D eigenvalue weighted by Crippen LogP contribution is -2.09. The monoisotopic (exact) mass is 270 g/mol. The number of rotatable bonds is 3. The number of carboxylic acids is 2. The van der Waals surface area contributed by atoms with Gasteiger partial charge in [0.25, 0.3) is 0 Å². The molecule has 0 aliphatic rings. The number of carbonyl (C=O) groups is 3. The van der Waals surface area contributed by atoms with Crippen molar-refractivity contribution >= 4 is 17.9 Å². The summed E-state index contributed by atoms with van der Waals surface area (Å²) in [4.78, 5) is 31.0. The minimum absolute atomic E-state index is 0.144. The molecule has 0 saturated heterocycles. The molecule has 1 rings (SSSR count). The minimum Gasteiger partial charge on any atom is -0.478 e. The number of aliphatic hydroxyl groups excluding tert-OH is 1. The van der Waals surface area contributed by atoms with Crippen molar-refractivity contribution < 1.29 is 34.4 Å².